The second-order valence-corrected chi connectivity index (χ2v) is 7.65. The Morgan fingerprint density at radius 2 is 1.72 bits per heavy atom. The van der Waals surface area contributed by atoms with Gasteiger partial charge < -0.3 is 24.2 Å². The Bertz CT molecular complexity index is 834. The second kappa shape index (κ2) is 8.14. The Kier molecular flexibility index (Phi) is 5.58. The van der Waals surface area contributed by atoms with Crippen LogP contribution in [0.25, 0.3) is 11.1 Å². The quantitative estimate of drug-likeness (QED) is 0.840. The summed E-state index contributed by atoms with van der Waals surface area (Å²) in [6, 6.07) is 16.5. The maximum absolute atomic E-state index is 12.8. The van der Waals surface area contributed by atoms with Crippen molar-refractivity contribution in [2.24, 2.45) is 0 Å². The summed E-state index contributed by atoms with van der Waals surface area (Å²) in [5.74, 6) is 0.0323. The monoisotopic (exact) mass is 397 g/mol. The van der Waals surface area contributed by atoms with Crippen molar-refractivity contribution in [1.82, 2.24) is 4.90 Å². The van der Waals surface area contributed by atoms with Crippen molar-refractivity contribution in [2.75, 3.05) is 40.5 Å². The highest BCUT2D eigenvalue weighted by atomic mass is 16.6. The van der Waals surface area contributed by atoms with Gasteiger partial charge in [0.2, 0.25) is 0 Å². The van der Waals surface area contributed by atoms with Crippen molar-refractivity contribution in [3.8, 4) is 11.1 Å². The molecule has 0 radical (unpaired) electrons. The van der Waals surface area contributed by atoms with Gasteiger partial charge in [0, 0.05) is 26.7 Å². The maximum Gasteiger partial charge on any atom is 0.409 e. The van der Waals surface area contributed by atoms with Crippen LogP contribution >= 0.6 is 0 Å². The molecule has 1 amide bonds. The minimum absolute atomic E-state index is 0.0323. The summed E-state index contributed by atoms with van der Waals surface area (Å²) in [5, 5.41) is 9.76. The Labute approximate surface area is 171 Å². The number of methoxy groups -OCH3 is 2. The fourth-order valence-corrected chi connectivity index (χ4v) is 4.56. The largest absolute Gasteiger partial charge is 0.448 e. The predicted octanol–water partition coefficient (Wildman–Crippen LogP) is 3.03. The summed E-state index contributed by atoms with van der Waals surface area (Å²) < 4.78 is 16.8. The number of benzene rings is 2. The van der Waals surface area contributed by atoms with E-state index in [1.165, 1.54) is 22.3 Å². The van der Waals surface area contributed by atoms with Gasteiger partial charge in [0.25, 0.3) is 0 Å². The van der Waals surface area contributed by atoms with E-state index in [-0.39, 0.29) is 25.2 Å². The van der Waals surface area contributed by atoms with Gasteiger partial charge in [-0.15, -0.1) is 0 Å². The van der Waals surface area contributed by atoms with E-state index >= 15 is 0 Å². The van der Waals surface area contributed by atoms with E-state index in [4.69, 9.17) is 14.2 Å². The summed E-state index contributed by atoms with van der Waals surface area (Å²) >= 11 is 0. The Morgan fingerprint density at radius 3 is 2.28 bits per heavy atom. The Hall–Kier alpha value is -2.41. The number of rotatable bonds is 5. The molecule has 154 valence electrons. The van der Waals surface area contributed by atoms with Crippen molar-refractivity contribution >= 4 is 6.09 Å². The van der Waals surface area contributed by atoms with E-state index < -0.39 is 11.7 Å². The van der Waals surface area contributed by atoms with Gasteiger partial charge in [0.1, 0.15) is 18.3 Å². The highest BCUT2D eigenvalue weighted by Crippen LogP contribution is 2.44. The molecule has 0 spiro atoms. The molecule has 1 heterocycles. The summed E-state index contributed by atoms with van der Waals surface area (Å²) in [6.07, 6.45) is -0.286. The molecule has 0 bridgehead atoms. The Balaban J connectivity index is 1.46. The molecule has 1 fully saturated rings. The number of amides is 1. The van der Waals surface area contributed by atoms with E-state index in [0.29, 0.717) is 19.5 Å². The molecular formula is C23H27NO5. The predicted molar refractivity (Wildman–Crippen MR) is 109 cm³/mol. The van der Waals surface area contributed by atoms with Crippen LogP contribution in [-0.2, 0) is 14.2 Å². The number of hydrogen-bond acceptors (Lipinski definition) is 5. The molecule has 6 nitrogen and oxygen atoms in total. The van der Waals surface area contributed by atoms with E-state index in [9.17, 15) is 9.90 Å². The van der Waals surface area contributed by atoms with Crippen LogP contribution in [0.15, 0.2) is 48.5 Å². The number of nitrogens with zero attached hydrogens (tertiary/aromatic N) is 1. The topological polar surface area (TPSA) is 68.2 Å². The number of carbonyl (C=O) groups is 1. The Morgan fingerprint density at radius 1 is 1.10 bits per heavy atom. The van der Waals surface area contributed by atoms with Crippen LogP contribution in [0, 0.1) is 0 Å². The van der Waals surface area contributed by atoms with Crippen LogP contribution < -0.4 is 0 Å². The van der Waals surface area contributed by atoms with Crippen LogP contribution in [0.5, 0.6) is 0 Å². The molecule has 0 aromatic heterocycles. The highest BCUT2D eigenvalue weighted by molar-refractivity contribution is 5.79. The molecule has 2 aromatic carbocycles. The SMILES string of the molecule is CO[C@@H]1CN(C(=O)OCC2c3ccccc3-c3ccccc32)CC[C@]1(CO)OC. The first-order valence-electron chi connectivity index (χ1n) is 9.92. The standard InChI is InChI=1S/C23H27NO5/c1-27-21-13-24(12-11-23(21,15-25)28-2)22(26)29-14-20-18-9-5-3-7-16(18)17-8-4-6-10-19(17)20/h3-10,20-21,25H,11-15H2,1-2H3/t21-,23-/m1/s1. The molecular weight excluding hydrogens is 370 g/mol. The zero-order chi connectivity index (χ0) is 20.4. The molecule has 0 unspecified atom stereocenters. The second-order valence-electron chi connectivity index (χ2n) is 7.65. The van der Waals surface area contributed by atoms with Gasteiger partial charge in [-0.05, 0) is 28.7 Å². The fourth-order valence-electron chi connectivity index (χ4n) is 4.56. The minimum atomic E-state index is -0.783. The van der Waals surface area contributed by atoms with Crippen LogP contribution in [-0.4, -0.2) is 68.3 Å². The lowest BCUT2D eigenvalue weighted by Crippen LogP contribution is -2.60. The molecule has 1 aliphatic carbocycles. The summed E-state index contributed by atoms with van der Waals surface area (Å²) in [5.41, 5.74) is 4.00. The van der Waals surface area contributed by atoms with Gasteiger partial charge in [-0.3, -0.25) is 0 Å². The molecule has 2 aliphatic rings. The van der Waals surface area contributed by atoms with Crippen LogP contribution in [0.2, 0.25) is 0 Å². The lowest BCUT2D eigenvalue weighted by Gasteiger charge is -2.44. The zero-order valence-electron chi connectivity index (χ0n) is 16.8. The number of ether oxygens (including phenoxy) is 3. The zero-order valence-corrected chi connectivity index (χ0v) is 16.8. The number of aliphatic hydroxyl groups excluding tert-OH is 1. The van der Waals surface area contributed by atoms with Crippen LogP contribution in [0.4, 0.5) is 4.79 Å². The van der Waals surface area contributed by atoms with Gasteiger partial charge in [0.15, 0.2) is 0 Å². The normalized spacial score (nSPS) is 23.6. The number of aliphatic hydroxyl groups is 1. The smallest absolute Gasteiger partial charge is 0.409 e. The third-order valence-corrected chi connectivity index (χ3v) is 6.33. The van der Waals surface area contributed by atoms with Crippen molar-refractivity contribution in [2.45, 2.75) is 24.0 Å². The van der Waals surface area contributed by atoms with Crippen molar-refractivity contribution in [3.63, 3.8) is 0 Å². The molecule has 1 N–H and O–H groups in total. The summed E-state index contributed by atoms with van der Waals surface area (Å²) in [4.78, 5) is 14.4. The third-order valence-electron chi connectivity index (χ3n) is 6.33. The van der Waals surface area contributed by atoms with E-state index in [1.54, 1.807) is 19.1 Å². The van der Waals surface area contributed by atoms with E-state index in [2.05, 4.69) is 24.3 Å². The molecule has 4 rings (SSSR count). The lowest BCUT2D eigenvalue weighted by atomic mass is 9.89. The average Bonchev–Trinajstić information content (AvgIpc) is 3.10. The highest BCUT2D eigenvalue weighted by Gasteiger charge is 2.45. The summed E-state index contributed by atoms with van der Waals surface area (Å²) in [7, 11) is 3.13. The molecule has 2 aromatic rings. The number of fused-ring (bicyclic) bond motifs is 3. The number of hydrogen-bond donors (Lipinski definition) is 1. The first-order chi connectivity index (χ1) is 14.1. The first-order valence-corrected chi connectivity index (χ1v) is 9.92. The molecule has 1 saturated heterocycles. The van der Waals surface area contributed by atoms with Gasteiger partial charge in [-0.1, -0.05) is 48.5 Å². The van der Waals surface area contributed by atoms with Gasteiger partial charge in [-0.2, -0.15) is 0 Å². The van der Waals surface area contributed by atoms with Crippen molar-refractivity contribution < 1.29 is 24.1 Å². The lowest BCUT2D eigenvalue weighted by molar-refractivity contribution is -0.168. The molecule has 1 aliphatic heterocycles. The van der Waals surface area contributed by atoms with Gasteiger partial charge >= 0.3 is 6.09 Å². The average molecular weight is 397 g/mol. The van der Waals surface area contributed by atoms with E-state index in [1.807, 2.05) is 24.3 Å². The molecule has 29 heavy (non-hydrogen) atoms. The number of piperidine rings is 1. The van der Waals surface area contributed by atoms with Crippen molar-refractivity contribution in [1.29, 1.82) is 0 Å². The first kappa shape index (κ1) is 19.9. The van der Waals surface area contributed by atoms with Crippen LogP contribution in [0.3, 0.4) is 0 Å². The van der Waals surface area contributed by atoms with Gasteiger partial charge in [-0.25, -0.2) is 4.79 Å². The maximum atomic E-state index is 12.8. The molecule has 0 saturated carbocycles. The minimum Gasteiger partial charge on any atom is -0.448 e. The molecule has 2 atom stereocenters. The van der Waals surface area contributed by atoms with E-state index in [0.717, 1.165) is 0 Å². The van der Waals surface area contributed by atoms with Crippen LogP contribution in [0.1, 0.15) is 23.5 Å². The third kappa shape index (κ3) is 3.41. The fraction of sp³-hybridized carbons (Fsp3) is 0.435. The summed E-state index contributed by atoms with van der Waals surface area (Å²) in [6.45, 7) is 0.906. The molecule has 6 heteroatoms. The number of likely N-dealkylation sites (tertiary alicyclic amines) is 1. The van der Waals surface area contributed by atoms with Gasteiger partial charge in [0.05, 0.1) is 13.2 Å². The number of carbonyl (C=O) groups excluding carboxylic acids is 1. The van der Waals surface area contributed by atoms with Crippen molar-refractivity contribution in [3.05, 3.63) is 59.7 Å².